The first-order chi connectivity index (χ1) is 22.0. The van der Waals surface area contributed by atoms with E-state index in [-0.39, 0.29) is 37.6 Å². The molecule has 0 spiro atoms. The van der Waals surface area contributed by atoms with Crippen LogP contribution in [0, 0.1) is 0 Å². The highest BCUT2D eigenvalue weighted by Crippen LogP contribution is 2.39. The minimum atomic E-state index is -0.567. The number of nitrogens with one attached hydrogen (secondary N) is 2. The van der Waals surface area contributed by atoms with Crippen molar-refractivity contribution in [3.63, 3.8) is 0 Å². The highest BCUT2D eigenvalue weighted by molar-refractivity contribution is 7.99. The van der Waals surface area contributed by atoms with Crippen LogP contribution in [0.1, 0.15) is 60.3 Å². The second-order valence-electron chi connectivity index (χ2n) is 10.7. The molecule has 1 saturated heterocycles. The van der Waals surface area contributed by atoms with Crippen LogP contribution >= 0.6 is 11.8 Å². The number of carbonyl (C=O) groups excluding carboxylic acids is 2. The van der Waals surface area contributed by atoms with E-state index in [0.717, 1.165) is 33.4 Å². The van der Waals surface area contributed by atoms with Gasteiger partial charge in [0.25, 0.3) is 0 Å². The van der Waals surface area contributed by atoms with Crippen molar-refractivity contribution in [1.29, 1.82) is 0 Å². The number of aliphatic hydroxyl groups excluding tert-OH is 1. The van der Waals surface area contributed by atoms with E-state index in [1.165, 1.54) is 0 Å². The fourth-order valence-corrected chi connectivity index (χ4v) is 5.82. The number of nitrogens with zero attached hydrogens (tertiary/aromatic N) is 2. The molecule has 4 N–H and O–H groups in total. The van der Waals surface area contributed by atoms with E-state index < -0.39 is 12.2 Å². The number of hydroxylamine groups is 1. The summed E-state index contributed by atoms with van der Waals surface area (Å²) in [6.45, 7) is 0.361. The predicted molar refractivity (Wildman–Crippen MR) is 169 cm³/mol. The van der Waals surface area contributed by atoms with Gasteiger partial charge in [-0.3, -0.25) is 14.8 Å². The molecule has 1 aliphatic rings. The molecular weight excluding hydrogens is 592 g/mol. The normalized spacial score (nSPS) is 17.9. The number of hydrogen-bond acceptors (Lipinski definition) is 9. The first kappa shape index (κ1) is 32.3. The Morgan fingerprint density at radius 3 is 2.31 bits per heavy atom. The van der Waals surface area contributed by atoms with E-state index in [2.05, 4.69) is 15.3 Å². The Hall–Kier alpha value is -4.13. The Bertz CT molecular complexity index is 1540. The van der Waals surface area contributed by atoms with E-state index >= 15 is 0 Å². The molecule has 0 radical (unpaired) electrons. The van der Waals surface area contributed by atoms with Gasteiger partial charge < -0.3 is 19.9 Å². The van der Waals surface area contributed by atoms with Gasteiger partial charge in [-0.05, 0) is 46.4 Å². The average Bonchev–Trinajstić information content (AvgIpc) is 3.10. The van der Waals surface area contributed by atoms with Crippen LogP contribution < -0.4 is 10.8 Å². The zero-order chi connectivity index (χ0) is 31.4. The molecule has 3 aromatic carbocycles. The summed E-state index contributed by atoms with van der Waals surface area (Å²) >= 11 is 1.55. The van der Waals surface area contributed by atoms with Crippen LogP contribution in [0.15, 0.2) is 96.4 Å². The van der Waals surface area contributed by atoms with E-state index in [1.807, 2.05) is 72.8 Å². The third-order valence-electron chi connectivity index (χ3n) is 7.42. The van der Waals surface area contributed by atoms with Gasteiger partial charge in [0.15, 0.2) is 11.4 Å². The standard InChI is InChI=1S/C34H36N4O6S/c39-21-23-8-10-26(11-9-23)30-19-29(22-45-34-35-16-3-17-36-34)43-33(44-30)27-14-12-25(13-15-27)28-5-1-4-24(18-28)20-37-31(40)6-2-7-32(41)38-42/h1,3-5,8-18,29-30,33,39,42H,2,6-7,19-22H2,(H,37,40)(H,38,41)/t29-,30+,33+/m1/s1. The molecule has 0 saturated carbocycles. The molecule has 2 amide bonds. The fraction of sp³-hybridized carbons (Fsp3) is 0.294. The molecule has 0 unspecified atom stereocenters. The molecule has 10 nitrogen and oxygen atoms in total. The Morgan fingerprint density at radius 1 is 0.844 bits per heavy atom. The van der Waals surface area contributed by atoms with E-state index in [0.29, 0.717) is 30.3 Å². The van der Waals surface area contributed by atoms with Gasteiger partial charge in [-0.2, -0.15) is 0 Å². The molecule has 2 heterocycles. The number of rotatable bonds is 13. The molecular formula is C34H36N4O6S. The van der Waals surface area contributed by atoms with Crippen LogP contribution in [0.2, 0.25) is 0 Å². The van der Waals surface area contributed by atoms with Crippen molar-refractivity contribution in [1.82, 2.24) is 20.8 Å². The van der Waals surface area contributed by atoms with Crippen molar-refractivity contribution in [2.45, 2.75) is 62.5 Å². The number of benzene rings is 3. The maximum atomic E-state index is 12.2. The Balaban J connectivity index is 1.24. The lowest BCUT2D eigenvalue weighted by Gasteiger charge is -2.36. The maximum Gasteiger partial charge on any atom is 0.243 e. The summed E-state index contributed by atoms with van der Waals surface area (Å²) in [4.78, 5) is 31.9. The van der Waals surface area contributed by atoms with Crippen LogP contribution in [-0.4, -0.2) is 44.0 Å². The van der Waals surface area contributed by atoms with E-state index in [9.17, 15) is 14.7 Å². The van der Waals surface area contributed by atoms with Crippen molar-refractivity contribution in [2.75, 3.05) is 5.75 Å². The Labute approximate surface area is 266 Å². The van der Waals surface area contributed by atoms with Gasteiger partial charge >= 0.3 is 0 Å². The summed E-state index contributed by atoms with van der Waals surface area (Å²) in [5, 5.41) is 21.6. The Kier molecular flexibility index (Phi) is 11.7. The predicted octanol–water partition coefficient (Wildman–Crippen LogP) is 5.27. The van der Waals surface area contributed by atoms with Crippen LogP contribution in [0.4, 0.5) is 0 Å². The van der Waals surface area contributed by atoms with E-state index in [4.69, 9.17) is 14.7 Å². The molecule has 5 rings (SSSR count). The summed E-state index contributed by atoms with van der Waals surface area (Å²) in [7, 11) is 0. The van der Waals surface area contributed by atoms with Crippen molar-refractivity contribution >= 4 is 23.6 Å². The molecule has 45 heavy (non-hydrogen) atoms. The van der Waals surface area contributed by atoms with E-state index in [1.54, 1.807) is 35.7 Å². The zero-order valence-corrected chi connectivity index (χ0v) is 25.5. The van der Waals surface area contributed by atoms with Gasteiger partial charge in [0.2, 0.25) is 11.8 Å². The number of ether oxygens (including phenoxy) is 2. The van der Waals surface area contributed by atoms with Crippen LogP contribution in [0.25, 0.3) is 11.1 Å². The lowest BCUT2D eigenvalue weighted by atomic mass is 9.99. The molecule has 3 atom stereocenters. The first-order valence-corrected chi connectivity index (χ1v) is 15.8. The number of aliphatic hydroxyl groups is 1. The minimum Gasteiger partial charge on any atom is -0.392 e. The van der Waals surface area contributed by atoms with Crippen molar-refractivity contribution in [3.8, 4) is 11.1 Å². The monoisotopic (exact) mass is 628 g/mol. The van der Waals surface area contributed by atoms with Gasteiger partial charge in [0.05, 0.1) is 18.8 Å². The topological polar surface area (TPSA) is 143 Å². The number of amides is 2. The Morgan fingerprint density at radius 2 is 1.58 bits per heavy atom. The zero-order valence-electron chi connectivity index (χ0n) is 24.7. The number of thioether (sulfide) groups is 1. The molecule has 1 fully saturated rings. The molecule has 1 aromatic heterocycles. The lowest BCUT2D eigenvalue weighted by molar-refractivity contribution is -0.245. The molecule has 4 aromatic rings. The van der Waals surface area contributed by atoms with Gasteiger partial charge in [-0.1, -0.05) is 78.5 Å². The second-order valence-corrected chi connectivity index (χ2v) is 11.7. The molecule has 1 aliphatic heterocycles. The van der Waals surface area contributed by atoms with Crippen molar-refractivity contribution < 1.29 is 29.4 Å². The third kappa shape index (κ3) is 9.43. The highest BCUT2D eigenvalue weighted by Gasteiger charge is 2.32. The average molecular weight is 629 g/mol. The third-order valence-corrected chi connectivity index (χ3v) is 8.43. The fourth-order valence-electron chi connectivity index (χ4n) is 5.00. The lowest BCUT2D eigenvalue weighted by Crippen LogP contribution is -2.31. The summed E-state index contributed by atoms with van der Waals surface area (Å²) in [5.41, 5.74) is 7.33. The van der Waals surface area contributed by atoms with Gasteiger partial charge in [-0.25, -0.2) is 15.4 Å². The minimum absolute atomic E-state index is 0.00876. The molecule has 11 heteroatoms. The van der Waals surface area contributed by atoms with Crippen molar-refractivity contribution in [2.24, 2.45) is 0 Å². The van der Waals surface area contributed by atoms with Gasteiger partial charge in [0.1, 0.15) is 0 Å². The number of aromatic nitrogens is 2. The first-order valence-electron chi connectivity index (χ1n) is 14.8. The van der Waals surface area contributed by atoms with Crippen LogP contribution in [0.3, 0.4) is 0 Å². The number of hydrogen-bond donors (Lipinski definition) is 4. The summed E-state index contributed by atoms with van der Waals surface area (Å²) < 4.78 is 12.9. The van der Waals surface area contributed by atoms with Gasteiger partial charge in [0, 0.05) is 49.5 Å². The summed E-state index contributed by atoms with van der Waals surface area (Å²) in [6.07, 6.45) is 3.93. The van der Waals surface area contributed by atoms with Gasteiger partial charge in [-0.15, -0.1) is 0 Å². The largest absolute Gasteiger partial charge is 0.392 e. The summed E-state index contributed by atoms with van der Waals surface area (Å²) in [6, 6.07) is 25.7. The maximum absolute atomic E-state index is 12.2. The van der Waals surface area contributed by atoms with Crippen molar-refractivity contribution in [3.05, 3.63) is 114 Å². The molecule has 0 aliphatic carbocycles. The SMILES string of the molecule is O=C(CCCC(=O)NCc1cccc(-c2ccc([C@H]3O[C@@H](CSc4ncccn4)C[C@@H](c4ccc(CO)cc4)O3)cc2)c1)NO. The molecule has 234 valence electrons. The summed E-state index contributed by atoms with van der Waals surface area (Å²) in [5.74, 6) is 0.0150. The smallest absolute Gasteiger partial charge is 0.243 e. The molecule has 0 bridgehead atoms. The highest BCUT2D eigenvalue weighted by atomic mass is 32.2. The number of carbonyl (C=O) groups is 2. The van der Waals surface area contributed by atoms with Crippen LogP contribution in [0.5, 0.6) is 0 Å². The quantitative estimate of drug-likeness (QED) is 0.0674. The van der Waals surface area contributed by atoms with Crippen LogP contribution in [-0.2, 0) is 32.2 Å². The second kappa shape index (κ2) is 16.3.